The molecule has 0 saturated heterocycles. The minimum Gasteiger partial charge on any atom is -0.383 e. The lowest BCUT2D eigenvalue weighted by molar-refractivity contribution is -0.120. The Balaban J connectivity index is 1.68. The van der Waals surface area contributed by atoms with Crippen LogP contribution in [0.25, 0.3) is 11.0 Å². The number of nitrogens with one attached hydrogen (secondary N) is 3. The molecule has 0 aliphatic carbocycles. The Morgan fingerprint density at radius 1 is 1.35 bits per heavy atom. The normalized spacial score (nSPS) is 10.8. The number of H-pyrrole nitrogens is 1. The maximum Gasteiger partial charge on any atom is 0.233 e. The molecule has 1 aromatic heterocycles. The molecule has 2 aromatic rings. The summed E-state index contributed by atoms with van der Waals surface area (Å²) < 4.78 is 4.88. The third-order valence-electron chi connectivity index (χ3n) is 2.89. The molecule has 0 unspecified atom stereocenters. The molecule has 6 heteroatoms. The summed E-state index contributed by atoms with van der Waals surface area (Å²) in [5.41, 5.74) is 1.98. The third kappa shape index (κ3) is 4.32. The molecule has 0 fully saturated rings. The van der Waals surface area contributed by atoms with Crippen LogP contribution in [-0.4, -0.2) is 49.2 Å². The molecule has 0 atom stereocenters. The van der Waals surface area contributed by atoms with Gasteiger partial charge in [0.25, 0.3) is 0 Å². The maximum absolute atomic E-state index is 11.5. The van der Waals surface area contributed by atoms with Gasteiger partial charge in [0, 0.05) is 26.6 Å². The second-order valence-electron chi connectivity index (χ2n) is 4.47. The molecule has 6 nitrogen and oxygen atoms in total. The molecule has 1 heterocycles. The van der Waals surface area contributed by atoms with Crippen molar-refractivity contribution in [3.8, 4) is 0 Å². The summed E-state index contributed by atoms with van der Waals surface area (Å²) in [4.78, 5) is 19.2. The quantitative estimate of drug-likeness (QED) is 0.612. The van der Waals surface area contributed by atoms with Crippen LogP contribution >= 0.6 is 0 Å². The van der Waals surface area contributed by atoms with Crippen molar-refractivity contribution in [1.82, 2.24) is 20.6 Å². The predicted molar refractivity (Wildman–Crippen MR) is 77.6 cm³/mol. The van der Waals surface area contributed by atoms with Crippen molar-refractivity contribution < 1.29 is 9.53 Å². The van der Waals surface area contributed by atoms with E-state index < -0.39 is 0 Å². The standard InChI is InChI=1S/C14H20N4O2/c1-20-9-8-15-10-14(19)16-7-6-13-17-11-4-2-3-5-12(11)18-13/h2-5,15H,6-10H2,1H3,(H,16,19)(H,17,18). The molecule has 20 heavy (non-hydrogen) atoms. The highest BCUT2D eigenvalue weighted by atomic mass is 16.5. The van der Waals surface area contributed by atoms with Gasteiger partial charge in [0.05, 0.1) is 24.2 Å². The number of methoxy groups -OCH3 is 1. The molecule has 0 radical (unpaired) electrons. The molecule has 0 aliphatic rings. The highest BCUT2D eigenvalue weighted by Crippen LogP contribution is 2.10. The van der Waals surface area contributed by atoms with E-state index >= 15 is 0 Å². The SMILES string of the molecule is COCCNCC(=O)NCCc1nc2ccccc2[nH]1. The first-order valence-electron chi connectivity index (χ1n) is 6.69. The second kappa shape index (κ2) is 7.62. The van der Waals surface area contributed by atoms with Gasteiger partial charge in [-0.25, -0.2) is 4.98 Å². The number of hydrogen-bond acceptors (Lipinski definition) is 4. The van der Waals surface area contributed by atoms with E-state index in [1.54, 1.807) is 7.11 Å². The van der Waals surface area contributed by atoms with E-state index in [1.807, 2.05) is 24.3 Å². The Bertz CT molecular complexity index is 520. The first kappa shape index (κ1) is 14.5. The lowest BCUT2D eigenvalue weighted by Crippen LogP contribution is -2.36. The summed E-state index contributed by atoms with van der Waals surface area (Å²) in [6, 6.07) is 7.88. The number of aromatic amines is 1. The molecule has 1 aromatic carbocycles. The molecule has 2 rings (SSSR count). The Hall–Kier alpha value is -1.92. The van der Waals surface area contributed by atoms with Crippen LogP contribution in [0.15, 0.2) is 24.3 Å². The Morgan fingerprint density at radius 3 is 3.00 bits per heavy atom. The van der Waals surface area contributed by atoms with Crippen molar-refractivity contribution in [3.05, 3.63) is 30.1 Å². The summed E-state index contributed by atoms with van der Waals surface area (Å²) >= 11 is 0. The van der Waals surface area contributed by atoms with E-state index in [4.69, 9.17) is 4.74 Å². The Labute approximate surface area is 117 Å². The molecule has 1 amide bonds. The largest absolute Gasteiger partial charge is 0.383 e. The van der Waals surface area contributed by atoms with Gasteiger partial charge in [-0.2, -0.15) is 0 Å². The third-order valence-corrected chi connectivity index (χ3v) is 2.89. The first-order chi connectivity index (χ1) is 9.79. The Morgan fingerprint density at radius 2 is 2.20 bits per heavy atom. The van der Waals surface area contributed by atoms with Gasteiger partial charge in [-0.15, -0.1) is 0 Å². The van der Waals surface area contributed by atoms with Gasteiger partial charge in [-0.1, -0.05) is 12.1 Å². The van der Waals surface area contributed by atoms with Gasteiger partial charge in [0.1, 0.15) is 5.82 Å². The van der Waals surface area contributed by atoms with Crippen molar-refractivity contribution in [2.24, 2.45) is 0 Å². The number of carbonyl (C=O) groups excluding carboxylic acids is 1. The topological polar surface area (TPSA) is 79.0 Å². The van der Waals surface area contributed by atoms with Crippen molar-refractivity contribution in [1.29, 1.82) is 0 Å². The maximum atomic E-state index is 11.5. The van der Waals surface area contributed by atoms with Crippen LogP contribution in [0.4, 0.5) is 0 Å². The van der Waals surface area contributed by atoms with Crippen molar-refractivity contribution in [2.75, 3.05) is 33.4 Å². The fourth-order valence-electron chi connectivity index (χ4n) is 1.88. The molecule has 3 N–H and O–H groups in total. The number of nitrogens with zero attached hydrogens (tertiary/aromatic N) is 1. The number of hydrogen-bond donors (Lipinski definition) is 3. The number of amides is 1. The molecular formula is C14H20N4O2. The lowest BCUT2D eigenvalue weighted by Gasteiger charge is -2.05. The number of ether oxygens (including phenoxy) is 1. The highest BCUT2D eigenvalue weighted by molar-refractivity contribution is 5.78. The number of imidazole rings is 1. The smallest absolute Gasteiger partial charge is 0.233 e. The summed E-state index contributed by atoms with van der Waals surface area (Å²) in [6.45, 7) is 2.16. The van der Waals surface area contributed by atoms with Gasteiger partial charge >= 0.3 is 0 Å². The van der Waals surface area contributed by atoms with Crippen LogP contribution in [0, 0.1) is 0 Å². The molecule has 0 aliphatic heterocycles. The average Bonchev–Trinajstić information content (AvgIpc) is 2.86. The fraction of sp³-hybridized carbons (Fsp3) is 0.429. The van der Waals surface area contributed by atoms with Gasteiger partial charge < -0.3 is 20.4 Å². The zero-order valence-corrected chi connectivity index (χ0v) is 11.6. The van der Waals surface area contributed by atoms with E-state index in [2.05, 4.69) is 20.6 Å². The van der Waals surface area contributed by atoms with Crippen LogP contribution < -0.4 is 10.6 Å². The van der Waals surface area contributed by atoms with E-state index in [1.165, 1.54) is 0 Å². The van der Waals surface area contributed by atoms with Crippen LogP contribution in [0.1, 0.15) is 5.82 Å². The van der Waals surface area contributed by atoms with Gasteiger partial charge in [0.2, 0.25) is 5.91 Å². The number of para-hydroxylation sites is 2. The number of benzene rings is 1. The monoisotopic (exact) mass is 276 g/mol. The Kier molecular flexibility index (Phi) is 5.52. The number of carbonyl (C=O) groups is 1. The predicted octanol–water partition coefficient (Wildman–Crippen LogP) is 0.458. The average molecular weight is 276 g/mol. The van der Waals surface area contributed by atoms with Crippen LogP contribution in [0.2, 0.25) is 0 Å². The van der Waals surface area contributed by atoms with Gasteiger partial charge in [0.15, 0.2) is 0 Å². The number of rotatable bonds is 8. The van der Waals surface area contributed by atoms with Crippen molar-refractivity contribution in [3.63, 3.8) is 0 Å². The molecular weight excluding hydrogens is 256 g/mol. The zero-order chi connectivity index (χ0) is 14.2. The summed E-state index contributed by atoms with van der Waals surface area (Å²) in [5, 5.41) is 5.85. The van der Waals surface area contributed by atoms with Crippen molar-refractivity contribution in [2.45, 2.75) is 6.42 Å². The highest BCUT2D eigenvalue weighted by Gasteiger charge is 2.03. The van der Waals surface area contributed by atoms with Crippen LogP contribution in [-0.2, 0) is 16.0 Å². The second-order valence-corrected chi connectivity index (χ2v) is 4.47. The summed E-state index contributed by atoms with van der Waals surface area (Å²) in [5.74, 6) is 0.871. The van der Waals surface area contributed by atoms with Gasteiger partial charge in [-0.3, -0.25) is 4.79 Å². The van der Waals surface area contributed by atoms with Crippen molar-refractivity contribution >= 4 is 16.9 Å². The van der Waals surface area contributed by atoms with Crippen LogP contribution in [0.5, 0.6) is 0 Å². The lowest BCUT2D eigenvalue weighted by atomic mass is 10.3. The van der Waals surface area contributed by atoms with E-state index in [0.717, 1.165) is 16.9 Å². The van der Waals surface area contributed by atoms with E-state index in [0.29, 0.717) is 32.7 Å². The van der Waals surface area contributed by atoms with Gasteiger partial charge in [-0.05, 0) is 12.1 Å². The molecule has 0 bridgehead atoms. The number of aromatic nitrogens is 2. The zero-order valence-electron chi connectivity index (χ0n) is 11.6. The summed E-state index contributed by atoms with van der Waals surface area (Å²) in [7, 11) is 1.63. The minimum atomic E-state index is -0.0165. The van der Waals surface area contributed by atoms with E-state index in [9.17, 15) is 4.79 Å². The molecule has 0 saturated carbocycles. The van der Waals surface area contributed by atoms with Crippen LogP contribution in [0.3, 0.4) is 0 Å². The fourth-order valence-corrected chi connectivity index (χ4v) is 1.88. The molecule has 0 spiro atoms. The molecule has 108 valence electrons. The first-order valence-corrected chi connectivity index (χ1v) is 6.69. The number of fused-ring (bicyclic) bond motifs is 1. The van der Waals surface area contributed by atoms with E-state index in [-0.39, 0.29) is 5.91 Å². The summed E-state index contributed by atoms with van der Waals surface area (Å²) in [6.07, 6.45) is 0.693. The minimum absolute atomic E-state index is 0.0165.